The number of esters is 2. The molecule has 1 aromatic carbocycles. The SMILES string of the molecule is COC(=O)C[C@@]1(C(=O)O[C@@H]2C(OC)=C[C@]34CCCN3CCc3cc5c(cc3[C@H]24)OCO5)CCC(C)(C)O1. The van der Waals surface area contributed by atoms with Crippen LogP contribution in [0.2, 0.25) is 0 Å². The highest BCUT2D eigenvalue weighted by atomic mass is 16.7. The summed E-state index contributed by atoms with van der Waals surface area (Å²) in [5.41, 5.74) is -0.0375. The zero-order chi connectivity index (χ0) is 26.0. The summed E-state index contributed by atoms with van der Waals surface area (Å²) in [6.45, 7) is 5.90. The molecule has 200 valence electrons. The number of benzene rings is 1. The number of carbonyl (C=O) groups excluding carboxylic acids is 2. The standard InChI is InChI=1S/C28H35NO8/c1-26(2)8-9-28(37-26,15-22(30)33-4)25(31)36-24-21(32-3)14-27-7-5-10-29(27)11-6-17-12-19-20(35-16-34-19)13-18(17)23(24)27/h12-14,23-24H,5-11,15-16H2,1-4H3/t23-,24-,27+,28-/m1/s1. The molecule has 0 bridgehead atoms. The summed E-state index contributed by atoms with van der Waals surface area (Å²) >= 11 is 0. The van der Waals surface area contributed by atoms with Crippen LogP contribution in [0.25, 0.3) is 0 Å². The van der Waals surface area contributed by atoms with Gasteiger partial charge in [-0.25, -0.2) is 4.79 Å². The Bertz CT molecular complexity index is 1160. The Morgan fingerprint density at radius 2 is 1.86 bits per heavy atom. The molecule has 2 fully saturated rings. The van der Waals surface area contributed by atoms with E-state index >= 15 is 0 Å². The second kappa shape index (κ2) is 8.63. The fourth-order valence-corrected chi connectivity index (χ4v) is 7.10. The van der Waals surface area contributed by atoms with Crippen molar-refractivity contribution in [3.8, 4) is 11.5 Å². The number of fused-ring (bicyclic) bond motifs is 3. The second-order valence-electron chi connectivity index (χ2n) is 11.4. The third-order valence-electron chi connectivity index (χ3n) is 8.83. The molecule has 5 aliphatic rings. The second-order valence-corrected chi connectivity index (χ2v) is 11.4. The molecule has 6 rings (SSSR count). The van der Waals surface area contributed by atoms with Crippen molar-refractivity contribution >= 4 is 11.9 Å². The minimum Gasteiger partial charge on any atom is -0.497 e. The number of methoxy groups -OCH3 is 2. The molecule has 0 amide bonds. The van der Waals surface area contributed by atoms with E-state index in [0.29, 0.717) is 24.4 Å². The predicted octanol–water partition coefficient (Wildman–Crippen LogP) is 3.24. The van der Waals surface area contributed by atoms with Crippen LogP contribution in [0.5, 0.6) is 11.5 Å². The third kappa shape index (κ3) is 3.81. The Balaban J connectivity index is 1.41. The van der Waals surface area contributed by atoms with Crippen LogP contribution in [0.1, 0.15) is 63.0 Å². The van der Waals surface area contributed by atoms with Gasteiger partial charge in [-0.1, -0.05) is 0 Å². The Morgan fingerprint density at radius 3 is 2.57 bits per heavy atom. The molecule has 0 saturated carbocycles. The highest BCUT2D eigenvalue weighted by molar-refractivity contribution is 5.86. The van der Waals surface area contributed by atoms with Gasteiger partial charge in [0.1, 0.15) is 5.76 Å². The molecule has 2 saturated heterocycles. The number of rotatable bonds is 5. The van der Waals surface area contributed by atoms with E-state index in [1.165, 1.54) is 7.11 Å². The van der Waals surface area contributed by atoms with Gasteiger partial charge in [-0.05, 0) is 81.8 Å². The van der Waals surface area contributed by atoms with Gasteiger partial charge in [0.25, 0.3) is 0 Å². The fourth-order valence-electron chi connectivity index (χ4n) is 7.10. The maximum atomic E-state index is 14.0. The maximum Gasteiger partial charge on any atom is 0.339 e. The van der Waals surface area contributed by atoms with Crippen LogP contribution in [-0.2, 0) is 35.0 Å². The van der Waals surface area contributed by atoms with Gasteiger partial charge in [-0.2, -0.15) is 0 Å². The topological polar surface area (TPSA) is 92.8 Å². The first-order valence-corrected chi connectivity index (χ1v) is 13.1. The van der Waals surface area contributed by atoms with Crippen LogP contribution in [0.15, 0.2) is 24.0 Å². The van der Waals surface area contributed by atoms with Crippen molar-refractivity contribution < 1.29 is 38.0 Å². The van der Waals surface area contributed by atoms with Crippen molar-refractivity contribution in [1.82, 2.24) is 4.90 Å². The molecular weight excluding hydrogens is 478 g/mol. The van der Waals surface area contributed by atoms with E-state index in [2.05, 4.69) is 23.1 Å². The van der Waals surface area contributed by atoms with Crippen molar-refractivity contribution in [3.05, 3.63) is 35.1 Å². The lowest BCUT2D eigenvalue weighted by Gasteiger charge is -2.40. The Hall–Kier alpha value is -2.78. The average molecular weight is 514 g/mol. The van der Waals surface area contributed by atoms with Gasteiger partial charge in [0, 0.05) is 6.54 Å². The van der Waals surface area contributed by atoms with E-state index in [9.17, 15) is 9.59 Å². The zero-order valence-corrected chi connectivity index (χ0v) is 22.0. The Morgan fingerprint density at radius 1 is 1.08 bits per heavy atom. The number of carbonyl (C=O) groups is 2. The first-order chi connectivity index (χ1) is 17.7. The third-order valence-corrected chi connectivity index (χ3v) is 8.83. The molecule has 4 heterocycles. The lowest BCUT2D eigenvalue weighted by molar-refractivity contribution is -0.188. The zero-order valence-electron chi connectivity index (χ0n) is 22.0. The lowest BCUT2D eigenvalue weighted by Crippen LogP contribution is -2.49. The number of ether oxygens (including phenoxy) is 6. The highest BCUT2D eigenvalue weighted by Crippen LogP contribution is 2.56. The van der Waals surface area contributed by atoms with Gasteiger partial charge >= 0.3 is 11.9 Å². The first-order valence-electron chi connectivity index (χ1n) is 13.1. The molecule has 1 aliphatic carbocycles. The summed E-state index contributed by atoms with van der Waals surface area (Å²) < 4.78 is 34.8. The molecule has 0 radical (unpaired) electrons. The van der Waals surface area contributed by atoms with Crippen LogP contribution in [0.3, 0.4) is 0 Å². The summed E-state index contributed by atoms with van der Waals surface area (Å²) in [4.78, 5) is 28.8. The van der Waals surface area contributed by atoms with Crippen LogP contribution in [0.4, 0.5) is 0 Å². The number of nitrogens with zero attached hydrogens (tertiary/aromatic N) is 1. The smallest absolute Gasteiger partial charge is 0.339 e. The number of hydrogen-bond donors (Lipinski definition) is 0. The fraction of sp³-hybridized carbons (Fsp3) is 0.643. The van der Waals surface area contributed by atoms with E-state index < -0.39 is 29.2 Å². The van der Waals surface area contributed by atoms with E-state index in [4.69, 9.17) is 28.4 Å². The Labute approximate surface area is 217 Å². The van der Waals surface area contributed by atoms with Gasteiger partial charge < -0.3 is 28.4 Å². The minimum atomic E-state index is -1.40. The quantitative estimate of drug-likeness (QED) is 0.550. The largest absolute Gasteiger partial charge is 0.497 e. The van der Waals surface area contributed by atoms with E-state index in [0.717, 1.165) is 49.2 Å². The van der Waals surface area contributed by atoms with Crippen molar-refractivity contribution in [2.45, 2.75) is 81.1 Å². The minimum absolute atomic E-state index is 0.189. The van der Waals surface area contributed by atoms with Crippen molar-refractivity contribution in [2.75, 3.05) is 34.1 Å². The van der Waals surface area contributed by atoms with Gasteiger partial charge in [-0.3, -0.25) is 9.69 Å². The summed E-state index contributed by atoms with van der Waals surface area (Å²) in [5.74, 6) is 0.838. The van der Waals surface area contributed by atoms with Gasteiger partial charge in [0.05, 0.1) is 37.7 Å². The highest BCUT2D eigenvalue weighted by Gasteiger charge is 2.60. The molecule has 1 spiro atoms. The molecular formula is C28H35NO8. The van der Waals surface area contributed by atoms with Gasteiger partial charge in [0.2, 0.25) is 6.79 Å². The van der Waals surface area contributed by atoms with E-state index in [-0.39, 0.29) is 24.7 Å². The normalized spacial score (nSPS) is 33.1. The summed E-state index contributed by atoms with van der Waals surface area (Å²) in [7, 11) is 2.93. The monoisotopic (exact) mass is 513 g/mol. The molecule has 9 heteroatoms. The molecule has 9 nitrogen and oxygen atoms in total. The van der Waals surface area contributed by atoms with Crippen LogP contribution in [-0.4, -0.2) is 73.8 Å². The molecule has 4 aliphatic heterocycles. The predicted molar refractivity (Wildman–Crippen MR) is 131 cm³/mol. The van der Waals surface area contributed by atoms with Crippen LogP contribution in [0, 0.1) is 0 Å². The first kappa shape index (κ1) is 24.6. The van der Waals surface area contributed by atoms with E-state index in [1.54, 1.807) is 7.11 Å². The van der Waals surface area contributed by atoms with Gasteiger partial charge in [0.15, 0.2) is 23.2 Å². The van der Waals surface area contributed by atoms with Gasteiger partial charge in [-0.15, -0.1) is 0 Å². The number of hydrogen-bond acceptors (Lipinski definition) is 9. The maximum absolute atomic E-state index is 14.0. The molecule has 0 N–H and O–H groups in total. The van der Waals surface area contributed by atoms with Crippen molar-refractivity contribution in [1.29, 1.82) is 0 Å². The summed E-state index contributed by atoms with van der Waals surface area (Å²) in [6.07, 6.45) is 5.16. The van der Waals surface area contributed by atoms with Crippen LogP contribution >= 0.6 is 0 Å². The molecule has 0 aromatic heterocycles. The van der Waals surface area contributed by atoms with Crippen molar-refractivity contribution in [3.63, 3.8) is 0 Å². The molecule has 0 unspecified atom stereocenters. The summed E-state index contributed by atoms with van der Waals surface area (Å²) in [5, 5.41) is 0. The molecule has 37 heavy (non-hydrogen) atoms. The average Bonchev–Trinajstić information content (AvgIpc) is 3.62. The van der Waals surface area contributed by atoms with E-state index in [1.807, 2.05) is 13.8 Å². The lowest BCUT2D eigenvalue weighted by atomic mass is 9.77. The van der Waals surface area contributed by atoms with Crippen LogP contribution < -0.4 is 9.47 Å². The summed E-state index contributed by atoms with van der Waals surface area (Å²) in [6, 6.07) is 4.12. The Kier molecular flexibility index (Phi) is 5.73. The van der Waals surface area contributed by atoms with Crippen molar-refractivity contribution in [2.24, 2.45) is 0 Å². The molecule has 4 atom stereocenters. The molecule has 1 aromatic rings.